The monoisotopic (exact) mass is 267 g/mol. The molecule has 0 atom stereocenters. The number of nitrogens with zero attached hydrogens (tertiary/aromatic N) is 1. The van der Waals surface area contributed by atoms with Gasteiger partial charge in [0, 0.05) is 10.9 Å². The van der Waals surface area contributed by atoms with Crippen LogP contribution in [0.1, 0.15) is 16.1 Å². The zero-order valence-corrected chi connectivity index (χ0v) is 10.8. The van der Waals surface area contributed by atoms with Crippen LogP contribution in [0.2, 0.25) is 5.02 Å². The SMILES string of the molecule is O=C(c1ccccc1)c1cc(Cl)c2ccccc2n1. The van der Waals surface area contributed by atoms with Gasteiger partial charge in [-0.2, -0.15) is 0 Å². The Morgan fingerprint density at radius 2 is 1.63 bits per heavy atom. The maximum Gasteiger partial charge on any atom is 0.211 e. The van der Waals surface area contributed by atoms with E-state index in [1.54, 1.807) is 18.2 Å². The number of rotatable bonds is 2. The minimum absolute atomic E-state index is 0.117. The molecule has 0 saturated carbocycles. The zero-order valence-electron chi connectivity index (χ0n) is 10.0. The fourth-order valence-corrected chi connectivity index (χ4v) is 2.25. The van der Waals surface area contributed by atoms with Gasteiger partial charge in [-0.05, 0) is 12.1 Å². The number of ketones is 1. The van der Waals surface area contributed by atoms with E-state index in [2.05, 4.69) is 4.98 Å². The highest BCUT2D eigenvalue weighted by Gasteiger charge is 2.12. The number of aromatic nitrogens is 1. The molecule has 1 aromatic heterocycles. The van der Waals surface area contributed by atoms with Crippen LogP contribution in [0.4, 0.5) is 0 Å². The van der Waals surface area contributed by atoms with Crippen molar-refractivity contribution in [2.75, 3.05) is 0 Å². The number of hydrogen-bond acceptors (Lipinski definition) is 2. The van der Waals surface area contributed by atoms with E-state index in [4.69, 9.17) is 11.6 Å². The summed E-state index contributed by atoms with van der Waals surface area (Å²) >= 11 is 6.20. The Labute approximate surface area is 115 Å². The number of pyridine rings is 1. The molecule has 0 bridgehead atoms. The number of fused-ring (bicyclic) bond motifs is 1. The highest BCUT2D eigenvalue weighted by atomic mass is 35.5. The van der Waals surface area contributed by atoms with Crippen molar-refractivity contribution in [3.05, 3.63) is 76.9 Å². The Balaban J connectivity index is 2.14. The van der Waals surface area contributed by atoms with Crippen LogP contribution in [-0.4, -0.2) is 10.8 Å². The lowest BCUT2D eigenvalue weighted by molar-refractivity contribution is 0.103. The fraction of sp³-hybridized carbons (Fsp3) is 0. The van der Waals surface area contributed by atoms with Gasteiger partial charge in [0.2, 0.25) is 5.78 Å². The van der Waals surface area contributed by atoms with Crippen LogP contribution in [0.3, 0.4) is 0 Å². The van der Waals surface area contributed by atoms with E-state index in [9.17, 15) is 4.79 Å². The molecule has 3 rings (SSSR count). The molecular formula is C16H10ClNO. The third-order valence-electron chi connectivity index (χ3n) is 2.93. The molecule has 92 valence electrons. The first-order valence-corrected chi connectivity index (χ1v) is 6.28. The number of halogens is 1. The third kappa shape index (κ3) is 2.23. The summed E-state index contributed by atoms with van der Waals surface area (Å²) in [7, 11) is 0. The van der Waals surface area contributed by atoms with E-state index < -0.39 is 0 Å². The maximum atomic E-state index is 12.3. The Bertz CT molecular complexity index is 753. The summed E-state index contributed by atoms with van der Waals surface area (Å²) < 4.78 is 0. The van der Waals surface area contributed by atoms with Crippen molar-refractivity contribution in [1.29, 1.82) is 0 Å². The van der Waals surface area contributed by atoms with E-state index in [0.717, 1.165) is 10.9 Å². The summed E-state index contributed by atoms with van der Waals surface area (Å²) in [5.41, 5.74) is 1.71. The highest BCUT2D eigenvalue weighted by Crippen LogP contribution is 2.23. The molecule has 0 aliphatic rings. The normalized spacial score (nSPS) is 10.6. The zero-order chi connectivity index (χ0) is 13.2. The topological polar surface area (TPSA) is 30.0 Å². The molecule has 2 aromatic carbocycles. The molecule has 3 heteroatoms. The van der Waals surface area contributed by atoms with E-state index in [1.807, 2.05) is 42.5 Å². The first kappa shape index (κ1) is 11.9. The number of para-hydroxylation sites is 1. The van der Waals surface area contributed by atoms with Crippen molar-refractivity contribution in [3.8, 4) is 0 Å². The smallest absolute Gasteiger partial charge is 0.211 e. The first-order valence-electron chi connectivity index (χ1n) is 5.91. The second kappa shape index (κ2) is 4.82. The van der Waals surface area contributed by atoms with E-state index in [0.29, 0.717) is 16.3 Å². The van der Waals surface area contributed by atoms with Gasteiger partial charge in [-0.1, -0.05) is 60.1 Å². The van der Waals surface area contributed by atoms with Gasteiger partial charge in [0.25, 0.3) is 0 Å². The third-order valence-corrected chi connectivity index (χ3v) is 3.25. The lowest BCUT2D eigenvalue weighted by Gasteiger charge is -2.04. The molecule has 0 aliphatic heterocycles. The fourth-order valence-electron chi connectivity index (χ4n) is 1.99. The van der Waals surface area contributed by atoms with Crippen molar-refractivity contribution < 1.29 is 4.79 Å². The minimum atomic E-state index is -0.117. The van der Waals surface area contributed by atoms with Crippen molar-refractivity contribution in [1.82, 2.24) is 4.98 Å². The second-order valence-electron chi connectivity index (χ2n) is 4.20. The Kier molecular flexibility index (Phi) is 3.02. The number of benzene rings is 2. The first-order chi connectivity index (χ1) is 9.25. The van der Waals surface area contributed by atoms with Gasteiger partial charge in [0.15, 0.2) is 0 Å². The summed E-state index contributed by atoms with van der Waals surface area (Å²) in [4.78, 5) is 16.7. The average molecular weight is 268 g/mol. The molecule has 0 fully saturated rings. The van der Waals surface area contributed by atoms with Crippen LogP contribution >= 0.6 is 11.6 Å². The van der Waals surface area contributed by atoms with Gasteiger partial charge < -0.3 is 0 Å². The summed E-state index contributed by atoms with van der Waals surface area (Å²) in [6.45, 7) is 0. The number of hydrogen-bond donors (Lipinski definition) is 0. The lowest BCUT2D eigenvalue weighted by atomic mass is 10.1. The van der Waals surface area contributed by atoms with Crippen molar-refractivity contribution in [2.45, 2.75) is 0 Å². The van der Waals surface area contributed by atoms with Gasteiger partial charge in [-0.15, -0.1) is 0 Å². The quantitative estimate of drug-likeness (QED) is 0.654. The minimum Gasteiger partial charge on any atom is -0.287 e. The Morgan fingerprint density at radius 1 is 0.947 bits per heavy atom. The molecule has 0 unspecified atom stereocenters. The second-order valence-corrected chi connectivity index (χ2v) is 4.61. The predicted octanol–water partition coefficient (Wildman–Crippen LogP) is 4.12. The van der Waals surface area contributed by atoms with E-state index in [1.165, 1.54) is 0 Å². The largest absolute Gasteiger partial charge is 0.287 e. The molecule has 0 spiro atoms. The van der Waals surface area contributed by atoms with Gasteiger partial charge in [0.1, 0.15) is 5.69 Å². The molecule has 0 radical (unpaired) electrons. The van der Waals surface area contributed by atoms with Crippen molar-refractivity contribution in [2.24, 2.45) is 0 Å². The number of carbonyl (C=O) groups excluding carboxylic acids is 1. The molecule has 2 nitrogen and oxygen atoms in total. The van der Waals surface area contributed by atoms with Crippen molar-refractivity contribution >= 4 is 28.3 Å². The van der Waals surface area contributed by atoms with Crippen LogP contribution in [0.5, 0.6) is 0 Å². The van der Waals surface area contributed by atoms with Gasteiger partial charge in [-0.3, -0.25) is 4.79 Å². The molecular weight excluding hydrogens is 258 g/mol. The van der Waals surface area contributed by atoms with Crippen LogP contribution in [-0.2, 0) is 0 Å². The van der Waals surface area contributed by atoms with Crippen LogP contribution < -0.4 is 0 Å². The van der Waals surface area contributed by atoms with Gasteiger partial charge in [-0.25, -0.2) is 4.98 Å². The van der Waals surface area contributed by atoms with Gasteiger partial charge in [0.05, 0.1) is 10.5 Å². The molecule has 0 amide bonds. The summed E-state index contributed by atoms with van der Waals surface area (Å²) in [6, 6.07) is 18.2. The molecule has 19 heavy (non-hydrogen) atoms. The Hall–Kier alpha value is -2.19. The van der Waals surface area contributed by atoms with Crippen molar-refractivity contribution in [3.63, 3.8) is 0 Å². The number of carbonyl (C=O) groups is 1. The molecule has 1 heterocycles. The molecule has 3 aromatic rings. The van der Waals surface area contributed by atoms with Crippen LogP contribution in [0.15, 0.2) is 60.7 Å². The lowest BCUT2D eigenvalue weighted by Crippen LogP contribution is -2.04. The summed E-state index contributed by atoms with van der Waals surface area (Å²) in [5, 5.41) is 1.40. The van der Waals surface area contributed by atoms with E-state index >= 15 is 0 Å². The standard InChI is InChI=1S/C16H10ClNO/c17-13-10-15(16(19)11-6-2-1-3-7-11)18-14-9-5-4-8-12(13)14/h1-10H. The molecule has 0 saturated heterocycles. The van der Waals surface area contributed by atoms with Crippen LogP contribution in [0.25, 0.3) is 10.9 Å². The predicted molar refractivity (Wildman–Crippen MR) is 76.6 cm³/mol. The van der Waals surface area contributed by atoms with Gasteiger partial charge >= 0.3 is 0 Å². The summed E-state index contributed by atoms with van der Waals surface area (Å²) in [6.07, 6.45) is 0. The molecule has 0 N–H and O–H groups in total. The highest BCUT2D eigenvalue weighted by molar-refractivity contribution is 6.35. The van der Waals surface area contributed by atoms with Crippen LogP contribution in [0, 0.1) is 0 Å². The maximum absolute atomic E-state index is 12.3. The summed E-state index contributed by atoms with van der Waals surface area (Å²) in [5.74, 6) is -0.117. The average Bonchev–Trinajstić information content (AvgIpc) is 2.47. The molecule has 0 aliphatic carbocycles. The van der Waals surface area contributed by atoms with E-state index in [-0.39, 0.29) is 5.78 Å². The Morgan fingerprint density at radius 3 is 2.42 bits per heavy atom.